The first kappa shape index (κ1) is 19.4. The zero-order valence-corrected chi connectivity index (χ0v) is 17.0. The molecule has 1 aromatic carbocycles. The van der Waals surface area contributed by atoms with E-state index in [0.717, 1.165) is 35.2 Å². The normalized spacial score (nSPS) is 20.7. The van der Waals surface area contributed by atoms with Crippen LogP contribution in [0.3, 0.4) is 0 Å². The first-order valence-corrected chi connectivity index (χ1v) is 9.59. The number of carbonyl (C=O) groups excluding carboxylic acids is 1. The molecular weight excluding hydrogens is 358 g/mol. The van der Waals surface area contributed by atoms with Crippen LogP contribution in [0, 0.1) is 0 Å². The lowest BCUT2D eigenvalue weighted by Gasteiger charge is -2.32. The van der Waals surface area contributed by atoms with Crippen molar-refractivity contribution in [2.24, 2.45) is 0 Å². The highest BCUT2D eigenvalue weighted by Crippen LogP contribution is 2.36. The third-order valence-electron chi connectivity index (χ3n) is 4.87. The van der Waals surface area contributed by atoms with Gasteiger partial charge in [0.15, 0.2) is 0 Å². The van der Waals surface area contributed by atoms with Crippen LogP contribution in [0.15, 0.2) is 47.8 Å². The van der Waals surface area contributed by atoms with E-state index in [1.54, 1.807) is 6.07 Å². The number of anilines is 1. The molecule has 0 saturated carbocycles. The molecule has 1 atom stereocenters. The molecular formula is C22H25NO3S. The number of esters is 1. The summed E-state index contributed by atoms with van der Waals surface area (Å²) in [6.45, 7) is 8.14. The van der Waals surface area contributed by atoms with Crippen LogP contribution in [0.25, 0.3) is 5.57 Å². The van der Waals surface area contributed by atoms with E-state index in [1.807, 2.05) is 38.1 Å². The second-order valence-electron chi connectivity index (χ2n) is 7.54. The van der Waals surface area contributed by atoms with Crippen LogP contribution in [0.1, 0.15) is 56.5 Å². The SMILES string of the molecule is CC1=CC(C)(C)Nc2cccc(C(=O)OC3=C(C)C(OC=S)CCC=C3)c21. The maximum Gasteiger partial charge on any atom is 0.344 e. The fourth-order valence-electron chi connectivity index (χ4n) is 3.70. The van der Waals surface area contributed by atoms with Crippen LogP contribution in [0.5, 0.6) is 0 Å². The molecule has 0 radical (unpaired) electrons. The summed E-state index contributed by atoms with van der Waals surface area (Å²) in [5.74, 6) is 0.158. The molecule has 2 aliphatic rings. The minimum absolute atomic E-state index is 0.159. The zero-order valence-electron chi connectivity index (χ0n) is 16.2. The Morgan fingerprint density at radius 3 is 2.85 bits per heavy atom. The van der Waals surface area contributed by atoms with Crippen molar-refractivity contribution in [2.45, 2.75) is 52.2 Å². The van der Waals surface area contributed by atoms with E-state index < -0.39 is 0 Å². The molecule has 0 saturated heterocycles. The third kappa shape index (κ3) is 4.14. The Hall–Kier alpha value is -2.40. The molecule has 1 aromatic rings. The quantitative estimate of drug-likeness (QED) is 0.556. The fraction of sp³-hybridized carbons (Fsp3) is 0.364. The van der Waals surface area contributed by atoms with Gasteiger partial charge in [0.25, 0.3) is 0 Å². The van der Waals surface area contributed by atoms with Crippen molar-refractivity contribution < 1.29 is 14.3 Å². The summed E-state index contributed by atoms with van der Waals surface area (Å²) < 4.78 is 11.3. The first-order chi connectivity index (χ1) is 12.8. The predicted molar refractivity (Wildman–Crippen MR) is 113 cm³/mol. The summed E-state index contributed by atoms with van der Waals surface area (Å²) in [5.41, 5.74) is 5.43. The number of rotatable bonds is 4. The van der Waals surface area contributed by atoms with E-state index in [-0.39, 0.29) is 17.6 Å². The van der Waals surface area contributed by atoms with Crippen LogP contribution < -0.4 is 5.32 Å². The van der Waals surface area contributed by atoms with E-state index in [0.29, 0.717) is 11.3 Å². The number of carbonyl (C=O) groups is 1. The van der Waals surface area contributed by atoms with Crippen molar-refractivity contribution in [3.05, 3.63) is 58.9 Å². The lowest BCUT2D eigenvalue weighted by Crippen LogP contribution is -2.32. The van der Waals surface area contributed by atoms with Gasteiger partial charge >= 0.3 is 5.97 Å². The number of ether oxygens (including phenoxy) is 2. The highest BCUT2D eigenvalue weighted by Gasteiger charge is 2.27. The number of thiocarbonyl (C=S) groups is 1. The Kier molecular flexibility index (Phi) is 5.51. The van der Waals surface area contributed by atoms with Crippen molar-refractivity contribution in [3.63, 3.8) is 0 Å². The van der Waals surface area contributed by atoms with Gasteiger partial charge in [-0.15, -0.1) is 0 Å². The lowest BCUT2D eigenvalue weighted by atomic mass is 9.88. The van der Waals surface area contributed by atoms with Gasteiger partial charge in [0.2, 0.25) is 0 Å². The summed E-state index contributed by atoms with van der Waals surface area (Å²) in [6.07, 6.45) is 7.44. The number of nitrogens with one attached hydrogen (secondary N) is 1. The van der Waals surface area contributed by atoms with Crippen molar-refractivity contribution in [2.75, 3.05) is 5.32 Å². The van der Waals surface area contributed by atoms with E-state index in [9.17, 15) is 4.79 Å². The summed E-state index contributed by atoms with van der Waals surface area (Å²) in [7, 11) is 0. The highest BCUT2D eigenvalue weighted by molar-refractivity contribution is 7.78. The second kappa shape index (κ2) is 7.69. The number of allylic oxidation sites excluding steroid dienone is 3. The number of fused-ring (bicyclic) bond motifs is 1. The maximum absolute atomic E-state index is 13.0. The minimum atomic E-state index is -0.372. The van der Waals surface area contributed by atoms with Crippen molar-refractivity contribution in [3.8, 4) is 0 Å². The average molecular weight is 384 g/mol. The van der Waals surface area contributed by atoms with E-state index in [2.05, 4.69) is 25.2 Å². The molecule has 1 N–H and O–H groups in total. The first-order valence-electron chi connectivity index (χ1n) is 9.12. The van der Waals surface area contributed by atoms with Gasteiger partial charge in [0.05, 0.1) is 11.1 Å². The monoisotopic (exact) mass is 383 g/mol. The highest BCUT2D eigenvalue weighted by atomic mass is 32.1. The van der Waals surface area contributed by atoms with E-state index in [1.165, 1.54) is 5.55 Å². The van der Waals surface area contributed by atoms with E-state index in [4.69, 9.17) is 21.7 Å². The second-order valence-corrected chi connectivity index (χ2v) is 7.73. The molecule has 0 amide bonds. The van der Waals surface area contributed by atoms with Crippen molar-refractivity contribution in [1.29, 1.82) is 0 Å². The average Bonchev–Trinajstić information content (AvgIpc) is 2.76. The smallest absolute Gasteiger partial charge is 0.344 e. The summed E-state index contributed by atoms with van der Waals surface area (Å²) in [4.78, 5) is 13.0. The molecule has 4 nitrogen and oxygen atoms in total. The van der Waals surface area contributed by atoms with Gasteiger partial charge in [-0.1, -0.05) is 18.2 Å². The molecule has 1 aliphatic heterocycles. The lowest BCUT2D eigenvalue weighted by molar-refractivity contribution is 0.0628. The number of hydrogen-bond donors (Lipinski definition) is 1. The topological polar surface area (TPSA) is 47.6 Å². The van der Waals surface area contributed by atoms with Crippen molar-refractivity contribution >= 4 is 35.0 Å². The molecule has 27 heavy (non-hydrogen) atoms. The Bertz CT molecular complexity index is 864. The molecule has 1 aliphatic carbocycles. The molecule has 0 aromatic heterocycles. The zero-order chi connectivity index (χ0) is 19.6. The van der Waals surface area contributed by atoms with Crippen LogP contribution in [-0.4, -0.2) is 23.2 Å². The van der Waals surface area contributed by atoms with Gasteiger partial charge < -0.3 is 14.8 Å². The van der Waals surface area contributed by atoms with Crippen LogP contribution in [0.2, 0.25) is 0 Å². The number of benzene rings is 1. The van der Waals surface area contributed by atoms with Gasteiger partial charge in [-0.25, -0.2) is 4.79 Å². The van der Waals surface area contributed by atoms with Crippen molar-refractivity contribution in [1.82, 2.24) is 0 Å². The minimum Gasteiger partial charge on any atom is -0.482 e. The molecule has 0 spiro atoms. The molecule has 142 valence electrons. The Morgan fingerprint density at radius 1 is 1.33 bits per heavy atom. The molecule has 3 rings (SSSR count). The molecule has 1 heterocycles. The largest absolute Gasteiger partial charge is 0.482 e. The summed E-state index contributed by atoms with van der Waals surface area (Å²) in [5, 5.41) is 3.46. The van der Waals surface area contributed by atoms with E-state index >= 15 is 0 Å². The van der Waals surface area contributed by atoms with Crippen LogP contribution in [-0.2, 0) is 9.47 Å². The van der Waals surface area contributed by atoms with Crippen LogP contribution in [0.4, 0.5) is 5.69 Å². The summed E-state index contributed by atoms with van der Waals surface area (Å²) in [6, 6.07) is 5.67. The summed E-state index contributed by atoms with van der Waals surface area (Å²) >= 11 is 4.82. The standard InChI is InChI=1S/C22H25NO3S/c1-14-12-22(3,4)23-17-9-7-8-16(20(14)17)21(24)26-19-11-6-5-10-18(15(19)2)25-13-27/h6-9,11-13,18,23H,5,10H2,1-4H3. The van der Waals surface area contributed by atoms with Gasteiger partial charge in [-0.3, -0.25) is 0 Å². The van der Waals surface area contributed by atoms with Gasteiger partial charge in [-0.2, -0.15) is 0 Å². The van der Waals surface area contributed by atoms with Gasteiger partial charge in [0, 0.05) is 16.8 Å². The Morgan fingerprint density at radius 2 is 2.11 bits per heavy atom. The molecule has 1 unspecified atom stereocenters. The molecule has 0 bridgehead atoms. The Balaban J connectivity index is 1.94. The Labute approximate surface area is 165 Å². The number of hydrogen-bond acceptors (Lipinski definition) is 5. The maximum atomic E-state index is 13.0. The van der Waals surface area contributed by atoms with Gasteiger partial charge in [0.1, 0.15) is 17.4 Å². The molecule has 5 heteroatoms. The third-order valence-corrected chi connectivity index (χ3v) is 4.98. The fourth-order valence-corrected chi connectivity index (χ4v) is 3.83. The van der Waals surface area contributed by atoms with Crippen LogP contribution >= 0.6 is 12.2 Å². The molecule has 0 fully saturated rings. The van der Waals surface area contributed by atoms with Gasteiger partial charge in [-0.05, 0) is 76.5 Å². The predicted octanol–water partition coefficient (Wildman–Crippen LogP) is 5.42.